The Morgan fingerprint density at radius 2 is 2.00 bits per heavy atom. The molecule has 2 amide bonds. The van der Waals surface area contributed by atoms with Crippen LogP contribution in [0.5, 0.6) is 0 Å². The molecule has 1 fully saturated rings. The van der Waals surface area contributed by atoms with Crippen molar-refractivity contribution in [2.24, 2.45) is 0 Å². The number of pyridine rings is 1. The van der Waals surface area contributed by atoms with Gasteiger partial charge in [-0.3, -0.25) is 9.59 Å². The van der Waals surface area contributed by atoms with Gasteiger partial charge >= 0.3 is 0 Å². The molecule has 1 atom stereocenters. The lowest BCUT2D eigenvalue weighted by Crippen LogP contribution is -2.42. The molecule has 0 aliphatic carbocycles. The van der Waals surface area contributed by atoms with Crippen LogP contribution in [0.4, 0.5) is 5.69 Å². The predicted octanol–water partition coefficient (Wildman–Crippen LogP) is 3.52. The summed E-state index contributed by atoms with van der Waals surface area (Å²) in [5.41, 5.74) is 4.90. The van der Waals surface area contributed by atoms with E-state index in [4.69, 9.17) is 4.74 Å². The maximum absolute atomic E-state index is 13.3. The van der Waals surface area contributed by atoms with Crippen molar-refractivity contribution in [2.45, 2.75) is 39.7 Å². The van der Waals surface area contributed by atoms with Crippen molar-refractivity contribution >= 4 is 23.1 Å². The van der Waals surface area contributed by atoms with Gasteiger partial charge in [-0.05, 0) is 62.9 Å². The number of nitrogens with one attached hydrogen (secondary N) is 1. The smallest absolute Gasteiger partial charge is 0.274 e. The van der Waals surface area contributed by atoms with E-state index in [9.17, 15) is 9.59 Å². The van der Waals surface area contributed by atoms with Crippen molar-refractivity contribution in [3.8, 4) is 0 Å². The topological polar surface area (TPSA) is 75.9 Å². The Bertz CT molecular complexity index is 1120. The van der Waals surface area contributed by atoms with Gasteiger partial charge in [0, 0.05) is 30.7 Å². The number of hydrogen-bond donors (Lipinski definition) is 1. The van der Waals surface area contributed by atoms with Crippen LogP contribution in [-0.4, -0.2) is 51.9 Å². The Hall–Kier alpha value is -3.19. The van der Waals surface area contributed by atoms with Crippen LogP contribution >= 0.6 is 0 Å². The fourth-order valence-electron chi connectivity index (χ4n) is 3.92. The number of amides is 2. The predicted molar refractivity (Wildman–Crippen MR) is 119 cm³/mol. The number of fused-ring (bicyclic) bond motifs is 1. The molecule has 1 aliphatic heterocycles. The van der Waals surface area contributed by atoms with Crippen molar-refractivity contribution in [1.82, 2.24) is 14.3 Å². The minimum Gasteiger partial charge on any atom is -0.376 e. The first-order valence-corrected chi connectivity index (χ1v) is 10.6. The second-order valence-electron chi connectivity index (χ2n) is 8.14. The van der Waals surface area contributed by atoms with Gasteiger partial charge in [-0.25, -0.2) is 4.98 Å². The van der Waals surface area contributed by atoms with Crippen molar-refractivity contribution in [3.05, 3.63) is 65.1 Å². The molecule has 1 saturated heterocycles. The van der Waals surface area contributed by atoms with Gasteiger partial charge in [-0.15, -0.1) is 0 Å². The van der Waals surface area contributed by atoms with E-state index in [1.165, 1.54) is 0 Å². The SMILES string of the molecule is Cc1cccc(NC(=O)CN(CC2CCCO2)C(=O)c2cn3c(C)cccc3n2)c1C. The molecule has 7 heteroatoms. The maximum Gasteiger partial charge on any atom is 0.274 e. The minimum absolute atomic E-state index is 0.0566. The lowest BCUT2D eigenvalue weighted by atomic mass is 10.1. The zero-order valence-corrected chi connectivity index (χ0v) is 18.2. The van der Waals surface area contributed by atoms with Crippen LogP contribution in [0, 0.1) is 20.8 Å². The number of benzene rings is 1. The zero-order valence-electron chi connectivity index (χ0n) is 18.2. The highest BCUT2D eigenvalue weighted by atomic mass is 16.5. The summed E-state index contributed by atoms with van der Waals surface area (Å²) in [6.07, 6.45) is 3.52. The second kappa shape index (κ2) is 8.89. The number of hydrogen-bond acceptors (Lipinski definition) is 4. The Balaban J connectivity index is 1.55. The Morgan fingerprint density at radius 1 is 1.19 bits per heavy atom. The summed E-state index contributed by atoms with van der Waals surface area (Å²) >= 11 is 0. The molecule has 0 bridgehead atoms. The summed E-state index contributed by atoms with van der Waals surface area (Å²) in [5, 5.41) is 2.95. The highest BCUT2D eigenvalue weighted by molar-refractivity contribution is 5.99. The standard InChI is InChI=1S/C24H28N4O3/c1-16-7-4-10-20(18(16)3)26-23(29)15-27(13-19-9-6-12-31-19)24(30)21-14-28-17(2)8-5-11-22(28)25-21/h4-5,7-8,10-11,14,19H,6,9,12-13,15H2,1-3H3,(H,26,29). The van der Waals surface area contributed by atoms with Crippen LogP contribution in [0.25, 0.3) is 5.65 Å². The normalized spacial score (nSPS) is 15.9. The molecule has 2 aromatic heterocycles. The van der Waals surface area contributed by atoms with Crippen LogP contribution in [0.15, 0.2) is 42.6 Å². The first kappa shape index (κ1) is 21.1. The quantitative estimate of drug-likeness (QED) is 0.662. The number of nitrogens with zero attached hydrogens (tertiary/aromatic N) is 3. The van der Waals surface area contributed by atoms with Gasteiger partial charge in [0.1, 0.15) is 17.9 Å². The summed E-state index contributed by atoms with van der Waals surface area (Å²) in [5.74, 6) is -0.505. The number of carbonyl (C=O) groups excluding carboxylic acids is 2. The number of carbonyl (C=O) groups is 2. The highest BCUT2D eigenvalue weighted by Crippen LogP contribution is 2.19. The molecule has 0 saturated carbocycles. The fraction of sp³-hybridized carbons (Fsp3) is 0.375. The van der Waals surface area contributed by atoms with Crippen LogP contribution in [-0.2, 0) is 9.53 Å². The zero-order chi connectivity index (χ0) is 22.0. The Kier molecular flexibility index (Phi) is 6.04. The van der Waals surface area contributed by atoms with Gasteiger partial charge in [0.25, 0.3) is 5.91 Å². The molecule has 0 radical (unpaired) electrons. The number of ether oxygens (including phenoxy) is 1. The second-order valence-corrected chi connectivity index (χ2v) is 8.14. The number of imidazole rings is 1. The Labute approximate surface area is 182 Å². The van der Waals surface area contributed by atoms with Crippen molar-refractivity contribution in [1.29, 1.82) is 0 Å². The molecule has 31 heavy (non-hydrogen) atoms. The molecule has 3 heterocycles. The maximum atomic E-state index is 13.3. The van der Waals surface area contributed by atoms with Crippen molar-refractivity contribution < 1.29 is 14.3 Å². The van der Waals surface area contributed by atoms with Crippen LogP contribution in [0.1, 0.15) is 40.2 Å². The number of aromatic nitrogens is 2. The van der Waals surface area contributed by atoms with Gasteiger partial charge in [0.2, 0.25) is 5.91 Å². The third kappa shape index (κ3) is 4.61. The third-order valence-corrected chi connectivity index (χ3v) is 5.86. The van der Waals surface area contributed by atoms with Gasteiger partial charge < -0.3 is 19.4 Å². The van der Waals surface area contributed by atoms with Crippen LogP contribution in [0.2, 0.25) is 0 Å². The number of rotatable bonds is 6. The van der Waals surface area contributed by atoms with E-state index in [2.05, 4.69) is 10.3 Å². The summed E-state index contributed by atoms with van der Waals surface area (Å²) in [6.45, 7) is 6.94. The van der Waals surface area contributed by atoms with E-state index in [0.717, 1.165) is 35.3 Å². The average molecular weight is 421 g/mol. The molecule has 162 valence electrons. The largest absolute Gasteiger partial charge is 0.376 e. The molecule has 1 aliphatic rings. The van der Waals surface area contributed by atoms with Gasteiger partial charge in [-0.2, -0.15) is 0 Å². The van der Waals surface area contributed by atoms with Crippen LogP contribution in [0.3, 0.4) is 0 Å². The number of aryl methyl sites for hydroxylation is 2. The molecule has 7 nitrogen and oxygen atoms in total. The molecule has 0 spiro atoms. The highest BCUT2D eigenvalue weighted by Gasteiger charge is 2.27. The lowest BCUT2D eigenvalue weighted by Gasteiger charge is -2.24. The molecule has 4 rings (SSSR count). The van der Waals surface area contributed by atoms with Gasteiger partial charge in [0.15, 0.2) is 0 Å². The average Bonchev–Trinajstić information content (AvgIpc) is 3.41. The van der Waals surface area contributed by atoms with Crippen LogP contribution < -0.4 is 5.32 Å². The van der Waals surface area contributed by atoms with E-state index in [1.807, 2.05) is 61.6 Å². The summed E-state index contributed by atoms with van der Waals surface area (Å²) in [4.78, 5) is 32.2. The van der Waals surface area contributed by atoms with E-state index in [0.29, 0.717) is 24.5 Å². The summed E-state index contributed by atoms with van der Waals surface area (Å²) in [7, 11) is 0. The first-order chi connectivity index (χ1) is 14.9. The summed E-state index contributed by atoms with van der Waals surface area (Å²) < 4.78 is 7.61. The fourth-order valence-corrected chi connectivity index (χ4v) is 3.92. The van der Waals surface area contributed by atoms with E-state index in [1.54, 1.807) is 11.1 Å². The van der Waals surface area contributed by atoms with E-state index >= 15 is 0 Å². The molecule has 1 N–H and O–H groups in total. The Morgan fingerprint density at radius 3 is 2.74 bits per heavy atom. The monoisotopic (exact) mass is 420 g/mol. The van der Waals surface area contributed by atoms with Crippen molar-refractivity contribution in [2.75, 3.05) is 25.0 Å². The molecule has 3 aromatic rings. The lowest BCUT2D eigenvalue weighted by molar-refractivity contribution is -0.117. The molecular formula is C24H28N4O3. The minimum atomic E-state index is -0.269. The van der Waals surface area contributed by atoms with Gasteiger partial charge in [-0.1, -0.05) is 18.2 Å². The van der Waals surface area contributed by atoms with E-state index < -0.39 is 0 Å². The third-order valence-electron chi connectivity index (χ3n) is 5.86. The van der Waals surface area contributed by atoms with E-state index in [-0.39, 0.29) is 24.5 Å². The first-order valence-electron chi connectivity index (χ1n) is 10.6. The molecule has 1 unspecified atom stereocenters. The van der Waals surface area contributed by atoms with Crippen molar-refractivity contribution in [3.63, 3.8) is 0 Å². The molecular weight excluding hydrogens is 392 g/mol. The molecule has 1 aromatic carbocycles. The number of anilines is 1. The summed E-state index contributed by atoms with van der Waals surface area (Å²) in [6, 6.07) is 11.5. The van der Waals surface area contributed by atoms with Gasteiger partial charge in [0.05, 0.1) is 6.10 Å².